The van der Waals surface area contributed by atoms with Crippen LogP contribution in [0.4, 0.5) is 0 Å². The summed E-state index contributed by atoms with van der Waals surface area (Å²) in [7, 11) is 1.65. The van der Waals surface area contributed by atoms with E-state index in [0.29, 0.717) is 17.0 Å². The zero-order chi connectivity index (χ0) is 14.5. The molecule has 112 valence electrons. The summed E-state index contributed by atoms with van der Waals surface area (Å²) in [5, 5.41) is 0.683. The first-order valence-electron chi connectivity index (χ1n) is 7.48. The molecule has 4 heteroatoms. The van der Waals surface area contributed by atoms with Gasteiger partial charge in [-0.25, -0.2) is 0 Å². The van der Waals surface area contributed by atoms with E-state index in [1.54, 1.807) is 7.11 Å². The van der Waals surface area contributed by atoms with Crippen LogP contribution in [0.15, 0.2) is 18.2 Å². The lowest BCUT2D eigenvalue weighted by atomic mass is 9.84. The summed E-state index contributed by atoms with van der Waals surface area (Å²) in [6, 6.07) is 6.52. The third-order valence-electron chi connectivity index (χ3n) is 4.19. The smallest absolute Gasteiger partial charge is 0.137 e. The zero-order valence-electron chi connectivity index (χ0n) is 12.4. The molecule has 0 amide bonds. The fraction of sp³-hybridized carbons (Fsp3) is 0.625. The van der Waals surface area contributed by atoms with Crippen molar-refractivity contribution in [2.75, 3.05) is 26.7 Å². The summed E-state index contributed by atoms with van der Waals surface area (Å²) >= 11 is 6.29. The second-order valence-corrected chi connectivity index (χ2v) is 5.92. The molecule has 1 aromatic carbocycles. The van der Waals surface area contributed by atoms with E-state index in [9.17, 15) is 0 Å². The molecule has 1 fully saturated rings. The van der Waals surface area contributed by atoms with E-state index in [2.05, 4.69) is 17.9 Å². The van der Waals surface area contributed by atoms with Crippen LogP contribution < -0.4 is 10.5 Å². The van der Waals surface area contributed by atoms with Gasteiger partial charge in [-0.05, 0) is 62.5 Å². The van der Waals surface area contributed by atoms with Crippen molar-refractivity contribution in [2.45, 2.75) is 32.2 Å². The maximum Gasteiger partial charge on any atom is 0.137 e. The largest absolute Gasteiger partial charge is 0.495 e. The number of likely N-dealkylation sites (tertiary alicyclic amines) is 1. The number of benzene rings is 1. The van der Waals surface area contributed by atoms with Gasteiger partial charge >= 0.3 is 0 Å². The molecular weight excluding hydrogens is 272 g/mol. The number of rotatable bonds is 5. The van der Waals surface area contributed by atoms with Crippen molar-refractivity contribution in [3.63, 3.8) is 0 Å². The van der Waals surface area contributed by atoms with Gasteiger partial charge in [0.15, 0.2) is 0 Å². The maximum absolute atomic E-state index is 6.29. The van der Waals surface area contributed by atoms with Crippen LogP contribution in [0.5, 0.6) is 5.75 Å². The Bertz CT molecular complexity index is 436. The van der Waals surface area contributed by atoms with Gasteiger partial charge in [0.1, 0.15) is 5.75 Å². The highest BCUT2D eigenvalue weighted by Crippen LogP contribution is 2.38. The SMILES string of the molecule is CCCN1CCCC(CN)C1c1ccc(OC)c(Cl)c1. The molecule has 1 heterocycles. The van der Waals surface area contributed by atoms with Crippen molar-refractivity contribution in [1.29, 1.82) is 0 Å². The number of hydrogen-bond acceptors (Lipinski definition) is 3. The first kappa shape index (κ1) is 15.6. The number of methoxy groups -OCH3 is 1. The van der Waals surface area contributed by atoms with E-state index in [4.69, 9.17) is 22.1 Å². The van der Waals surface area contributed by atoms with Gasteiger partial charge in [0.05, 0.1) is 12.1 Å². The highest BCUT2D eigenvalue weighted by atomic mass is 35.5. The van der Waals surface area contributed by atoms with Crippen molar-refractivity contribution in [1.82, 2.24) is 4.90 Å². The Kier molecular flexibility index (Phi) is 5.70. The van der Waals surface area contributed by atoms with Crippen LogP contribution in [-0.2, 0) is 0 Å². The van der Waals surface area contributed by atoms with E-state index in [1.807, 2.05) is 12.1 Å². The van der Waals surface area contributed by atoms with E-state index in [0.717, 1.165) is 31.8 Å². The lowest BCUT2D eigenvalue weighted by Gasteiger charge is -2.41. The van der Waals surface area contributed by atoms with Crippen molar-refractivity contribution in [2.24, 2.45) is 11.7 Å². The Morgan fingerprint density at radius 2 is 2.25 bits per heavy atom. The number of nitrogens with two attached hydrogens (primary N) is 1. The van der Waals surface area contributed by atoms with Crippen molar-refractivity contribution >= 4 is 11.6 Å². The normalized spacial score (nSPS) is 23.8. The second-order valence-electron chi connectivity index (χ2n) is 5.51. The molecule has 1 aliphatic rings. The summed E-state index contributed by atoms with van der Waals surface area (Å²) < 4.78 is 5.24. The fourth-order valence-corrected chi connectivity index (χ4v) is 3.55. The Morgan fingerprint density at radius 1 is 1.45 bits per heavy atom. The van der Waals surface area contributed by atoms with Gasteiger partial charge in [-0.15, -0.1) is 0 Å². The van der Waals surface area contributed by atoms with Crippen LogP contribution in [0, 0.1) is 5.92 Å². The van der Waals surface area contributed by atoms with Gasteiger partial charge in [-0.1, -0.05) is 24.6 Å². The van der Waals surface area contributed by atoms with Gasteiger partial charge in [0.2, 0.25) is 0 Å². The number of halogens is 1. The highest BCUT2D eigenvalue weighted by Gasteiger charge is 2.31. The number of hydrogen-bond donors (Lipinski definition) is 1. The predicted octanol–water partition coefficient (Wildman–Crippen LogP) is 3.47. The van der Waals surface area contributed by atoms with Crippen molar-refractivity contribution in [3.8, 4) is 5.75 Å². The number of nitrogens with zero attached hydrogens (tertiary/aromatic N) is 1. The maximum atomic E-state index is 6.29. The lowest BCUT2D eigenvalue weighted by Crippen LogP contribution is -2.41. The number of piperidine rings is 1. The van der Waals surface area contributed by atoms with Gasteiger partial charge in [0.25, 0.3) is 0 Å². The molecule has 1 saturated heterocycles. The van der Waals surface area contributed by atoms with Crippen LogP contribution in [0.25, 0.3) is 0 Å². The first-order valence-corrected chi connectivity index (χ1v) is 7.86. The molecule has 2 unspecified atom stereocenters. The minimum absolute atomic E-state index is 0.386. The molecule has 20 heavy (non-hydrogen) atoms. The molecule has 0 radical (unpaired) electrons. The molecule has 0 aromatic heterocycles. The van der Waals surface area contributed by atoms with Crippen LogP contribution in [0.2, 0.25) is 5.02 Å². The molecule has 0 bridgehead atoms. The quantitative estimate of drug-likeness (QED) is 0.904. The van der Waals surface area contributed by atoms with E-state index < -0.39 is 0 Å². The summed E-state index contributed by atoms with van der Waals surface area (Å²) in [6.07, 6.45) is 3.60. The minimum atomic E-state index is 0.386. The molecule has 0 spiro atoms. The Morgan fingerprint density at radius 3 is 2.85 bits per heavy atom. The third-order valence-corrected chi connectivity index (χ3v) is 4.49. The monoisotopic (exact) mass is 296 g/mol. The van der Waals surface area contributed by atoms with Gasteiger partial charge in [-0.2, -0.15) is 0 Å². The molecule has 3 nitrogen and oxygen atoms in total. The van der Waals surface area contributed by atoms with Crippen LogP contribution in [-0.4, -0.2) is 31.6 Å². The molecular formula is C16H25ClN2O. The molecule has 0 saturated carbocycles. The molecule has 1 aromatic rings. The molecule has 0 aliphatic carbocycles. The Balaban J connectivity index is 2.30. The molecule has 2 atom stereocenters. The van der Waals surface area contributed by atoms with Crippen LogP contribution in [0.3, 0.4) is 0 Å². The summed E-state index contributed by atoms with van der Waals surface area (Å²) in [5.41, 5.74) is 7.26. The van der Waals surface area contributed by atoms with Gasteiger partial charge in [0, 0.05) is 6.04 Å². The Labute approximate surface area is 127 Å². The van der Waals surface area contributed by atoms with E-state index in [-0.39, 0.29) is 0 Å². The minimum Gasteiger partial charge on any atom is -0.495 e. The standard InChI is InChI=1S/C16H25ClN2O/c1-3-8-19-9-4-5-13(11-18)16(19)12-6-7-15(20-2)14(17)10-12/h6-7,10,13,16H,3-5,8-9,11,18H2,1-2H3. The summed E-state index contributed by atoms with van der Waals surface area (Å²) in [4.78, 5) is 2.55. The van der Waals surface area contributed by atoms with E-state index >= 15 is 0 Å². The van der Waals surface area contributed by atoms with E-state index in [1.165, 1.54) is 18.4 Å². The average molecular weight is 297 g/mol. The molecule has 2 N–H and O–H groups in total. The van der Waals surface area contributed by atoms with Crippen LogP contribution in [0.1, 0.15) is 37.8 Å². The van der Waals surface area contributed by atoms with Crippen molar-refractivity contribution in [3.05, 3.63) is 28.8 Å². The van der Waals surface area contributed by atoms with Crippen molar-refractivity contribution < 1.29 is 4.74 Å². The Hall–Kier alpha value is -0.770. The third kappa shape index (κ3) is 3.27. The van der Waals surface area contributed by atoms with Gasteiger partial charge in [-0.3, -0.25) is 4.90 Å². The summed E-state index contributed by atoms with van der Waals surface area (Å²) in [5.74, 6) is 1.25. The predicted molar refractivity (Wildman–Crippen MR) is 84.4 cm³/mol. The van der Waals surface area contributed by atoms with Gasteiger partial charge < -0.3 is 10.5 Å². The highest BCUT2D eigenvalue weighted by molar-refractivity contribution is 6.32. The second kappa shape index (κ2) is 7.30. The topological polar surface area (TPSA) is 38.5 Å². The van der Waals surface area contributed by atoms with Crippen LogP contribution >= 0.6 is 11.6 Å². The fourth-order valence-electron chi connectivity index (χ4n) is 3.29. The number of ether oxygens (including phenoxy) is 1. The average Bonchev–Trinajstić information content (AvgIpc) is 2.47. The first-order chi connectivity index (χ1) is 9.71. The molecule has 1 aliphatic heterocycles. The lowest BCUT2D eigenvalue weighted by molar-refractivity contribution is 0.0960. The summed E-state index contributed by atoms with van der Waals surface area (Å²) in [6.45, 7) is 5.22. The molecule has 2 rings (SSSR count). The zero-order valence-corrected chi connectivity index (χ0v) is 13.2.